The average molecular weight is 396 g/mol. The SMILES string of the molecule is CCOC(=O)C1=C(C)OC(N)=C(C#N)C1c1cccc(CN2CCN(C)CC2)c1. The molecule has 7 heteroatoms. The summed E-state index contributed by atoms with van der Waals surface area (Å²) in [5.41, 5.74) is 8.51. The van der Waals surface area contributed by atoms with E-state index >= 15 is 0 Å². The Bertz CT molecular complexity index is 876. The molecule has 1 atom stereocenters. The lowest BCUT2D eigenvalue weighted by Crippen LogP contribution is -2.43. The molecule has 1 saturated heterocycles. The Hall–Kier alpha value is -2.82. The second-order valence-electron chi connectivity index (χ2n) is 7.44. The predicted octanol–water partition coefficient (Wildman–Crippen LogP) is 2.08. The van der Waals surface area contributed by atoms with Gasteiger partial charge in [-0.2, -0.15) is 5.26 Å². The van der Waals surface area contributed by atoms with Crippen molar-refractivity contribution in [3.05, 3.63) is 58.2 Å². The van der Waals surface area contributed by atoms with Gasteiger partial charge in [0, 0.05) is 32.7 Å². The third-order valence-corrected chi connectivity index (χ3v) is 5.39. The largest absolute Gasteiger partial charge is 0.463 e. The van der Waals surface area contributed by atoms with E-state index in [9.17, 15) is 10.1 Å². The molecule has 2 N–H and O–H groups in total. The third-order valence-electron chi connectivity index (χ3n) is 5.39. The molecule has 29 heavy (non-hydrogen) atoms. The van der Waals surface area contributed by atoms with Gasteiger partial charge in [-0.25, -0.2) is 4.79 Å². The van der Waals surface area contributed by atoms with E-state index < -0.39 is 11.9 Å². The Morgan fingerprint density at radius 1 is 1.34 bits per heavy atom. The van der Waals surface area contributed by atoms with Crippen LogP contribution in [0.3, 0.4) is 0 Å². The molecule has 0 saturated carbocycles. The molecule has 1 aromatic carbocycles. The van der Waals surface area contributed by atoms with Crippen molar-refractivity contribution in [3.63, 3.8) is 0 Å². The fraction of sp³-hybridized carbons (Fsp3) is 0.455. The summed E-state index contributed by atoms with van der Waals surface area (Å²) in [6.07, 6.45) is 0. The van der Waals surface area contributed by atoms with Gasteiger partial charge >= 0.3 is 5.97 Å². The first kappa shape index (κ1) is 20.9. The number of hydrogen-bond donors (Lipinski definition) is 1. The molecule has 3 rings (SSSR count). The molecule has 2 heterocycles. The number of nitrogens with two attached hydrogens (primary N) is 1. The number of carbonyl (C=O) groups excluding carboxylic acids is 1. The fourth-order valence-corrected chi connectivity index (χ4v) is 3.82. The fourth-order valence-electron chi connectivity index (χ4n) is 3.82. The molecule has 1 fully saturated rings. The average Bonchev–Trinajstić information content (AvgIpc) is 2.69. The smallest absolute Gasteiger partial charge is 0.338 e. The van der Waals surface area contributed by atoms with Crippen LogP contribution in [0.4, 0.5) is 0 Å². The minimum Gasteiger partial charge on any atom is -0.463 e. The number of piperazine rings is 1. The number of rotatable bonds is 5. The maximum absolute atomic E-state index is 12.6. The molecule has 7 nitrogen and oxygen atoms in total. The summed E-state index contributed by atoms with van der Waals surface area (Å²) in [7, 11) is 2.13. The first-order valence-corrected chi connectivity index (χ1v) is 9.89. The molecule has 2 aliphatic heterocycles. The lowest BCUT2D eigenvalue weighted by Gasteiger charge is -2.32. The van der Waals surface area contributed by atoms with E-state index in [-0.39, 0.29) is 18.1 Å². The maximum Gasteiger partial charge on any atom is 0.338 e. The predicted molar refractivity (Wildman–Crippen MR) is 109 cm³/mol. The topological polar surface area (TPSA) is 91.8 Å². The molecule has 0 radical (unpaired) electrons. The molecule has 0 aliphatic carbocycles. The summed E-state index contributed by atoms with van der Waals surface area (Å²) in [6, 6.07) is 10.1. The van der Waals surface area contributed by atoms with E-state index in [0.717, 1.165) is 43.9 Å². The number of nitriles is 1. The summed E-state index contributed by atoms with van der Waals surface area (Å²) < 4.78 is 10.7. The van der Waals surface area contributed by atoms with E-state index in [4.69, 9.17) is 15.2 Å². The monoisotopic (exact) mass is 396 g/mol. The van der Waals surface area contributed by atoms with Crippen LogP contribution in [0.15, 0.2) is 47.1 Å². The van der Waals surface area contributed by atoms with Crippen molar-refractivity contribution in [1.82, 2.24) is 9.80 Å². The number of nitrogens with zero attached hydrogens (tertiary/aromatic N) is 3. The van der Waals surface area contributed by atoms with E-state index in [1.807, 2.05) is 18.2 Å². The number of carbonyl (C=O) groups is 1. The Morgan fingerprint density at radius 2 is 2.07 bits per heavy atom. The van der Waals surface area contributed by atoms with Crippen molar-refractivity contribution >= 4 is 5.97 Å². The van der Waals surface area contributed by atoms with Gasteiger partial charge in [-0.3, -0.25) is 4.90 Å². The zero-order chi connectivity index (χ0) is 21.0. The number of ether oxygens (including phenoxy) is 2. The van der Waals surface area contributed by atoms with Crippen molar-refractivity contribution in [2.24, 2.45) is 5.73 Å². The van der Waals surface area contributed by atoms with Crippen LogP contribution in [0.5, 0.6) is 0 Å². The summed E-state index contributed by atoms with van der Waals surface area (Å²) in [5, 5.41) is 9.71. The number of allylic oxidation sites excluding steroid dienone is 2. The van der Waals surface area contributed by atoms with E-state index in [1.54, 1.807) is 13.8 Å². The molecule has 2 aliphatic rings. The lowest BCUT2D eigenvalue weighted by molar-refractivity contribution is -0.139. The Kier molecular flexibility index (Phi) is 6.57. The first-order chi connectivity index (χ1) is 13.9. The number of likely N-dealkylation sites (N-methyl/N-ethyl adjacent to an activating group) is 1. The summed E-state index contributed by atoms with van der Waals surface area (Å²) in [5.74, 6) is -0.679. The second kappa shape index (κ2) is 9.12. The van der Waals surface area contributed by atoms with Crippen LogP contribution in [0.2, 0.25) is 0 Å². The molecular formula is C22H28N4O3. The highest BCUT2D eigenvalue weighted by Gasteiger charge is 2.36. The number of benzene rings is 1. The van der Waals surface area contributed by atoms with Gasteiger partial charge in [0.15, 0.2) is 0 Å². The van der Waals surface area contributed by atoms with Crippen LogP contribution < -0.4 is 5.73 Å². The first-order valence-electron chi connectivity index (χ1n) is 9.89. The van der Waals surface area contributed by atoms with Gasteiger partial charge in [0.25, 0.3) is 0 Å². The zero-order valence-corrected chi connectivity index (χ0v) is 17.3. The third kappa shape index (κ3) is 4.61. The number of esters is 1. The van der Waals surface area contributed by atoms with Crippen LogP contribution in [0.1, 0.15) is 30.9 Å². The highest BCUT2D eigenvalue weighted by Crippen LogP contribution is 2.39. The van der Waals surface area contributed by atoms with Gasteiger partial charge in [-0.15, -0.1) is 0 Å². The van der Waals surface area contributed by atoms with Crippen molar-refractivity contribution < 1.29 is 14.3 Å². The maximum atomic E-state index is 12.6. The Balaban J connectivity index is 1.94. The highest BCUT2D eigenvalue weighted by atomic mass is 16.5. The van der Waals surface area contributed by atoms with Crippen molar-refractivity contribution in [3.8, 4) is 6.07 Å². The Labute approximate surface area is 172 Å². The summed E-state index contributed by atoms with van der Waals surface area (Å²) in [4.78, 5) is 17.4. The second-order valence-corrected chi connectivity index (χ2v) is 7.44. The minimum atomic E-state index is -0.597. The summed E-state index contributed by atoms with van der Waals surface area (Å²) in [6.45, 7) is 8.62. The van der Waals surface area contributed by atoms with Crippen LogP contribution in [0, 0.1) is 11.3 Å². The molecular weight excluding hydrogens is 368 g/mol. The van der Waals surface area contributed by atoms with Gasteiger partial charge in [-0.05, 0) is 32.0 Å². The van der Waals surface area contributed by atoms with Crippen LogP contribution >= 0.6 is 0 Å². The standard InChI is InChI=1S/C22H28N4O3/c1-4-28-22(27)19-15(2)29-21(24)18(13-23)20(19)17-7-5-6-16(12-17)14-26-10-8-25(3)9-11-26/h5-7,12,20H,4,8-11,14,24H2,1-3H3. The van der Waals surface area contributed by atoms with Crippen molar-refractivity contribution in [1.29, 1.82) is 5.26 Å². The summed E-state index contributed by atoms with van der Waals surface area (Å²) >= 11 is 0. The van der Waals surface area contributed by atoms with Crippen molar-refractivity contribution in [2.75, 3.05) is 39.8 Å². The zero-order valence-electron chi connectivity index (χ0n) is 17.3. The number of hydrogen-bond acceptors (Lipinski definition) is 7. The molecule has 0 bridgehead atoms. The van der Waals surface area contributed by atoms with Crippen LogP contribution in [0.25, 0.3) is 0 Å². The molecule has 154 valence electrons. The van der Waals surface area contributed by atoms with Gasteiger partial charge in [0.1, 0.15) is 17.4 Å². The molecule has 1 aromatic rings. The van der Waals surface area contributed by atoms with Crippen molar-refractivity contribution in [2.45, 2.75) is 26.3 Å². The molecule has 0 amide bonds. The van der Waals surface area contributed by atoms with E-state index in [1.165, 1.54) is 0 Å². The van der Waals surface area contributed by atoms with E-state index in [0.29, 0.717) is 11.3 Å². The van der Waals surface area contributed by atoms with Crippen LogP contribution in [-0.2, 0) is 20.8 Å². The van der Waals surface area contributed by atoms with Gasteiger partial charge in [-0.1, -0.05) is 24.3 Å². The normalized spacial score (nSPS) is 21.0. The minimum absolute atomic E-state index is 0.0347. The molecule has 1 unspecified atom stereocenters. The van der Waals surface area contributed by atoms with Gasteiger partial charge < -0.3 is 20.1 Å². The lowest BCUT2D eigenvalue weighted by atomic mass is 9.82. The van der Waals surface area contributed by atoms with Gasteiger partial charge in [0.05, 0.1) is 18.1 Å². The van der Waals surface area contributed by atoms with Gasteiger partial charge in [0.2, 0.25) is 5.88 Å². The molecule has 0 spiro atoms. The van der Waals surface area contributed by atoms with E-state index in [2.05, 4.69) is 29.0 Å². The molecule has 0 aromatic heterocycles. The van der Waals surface area contributed by atoms with Crippen LogP contribution in [-0.4, -0.2) is 55.6 Å². The quantitative estimate of drug-likeness (QED) is 0.762. The Morgan fingerprint density at radius 3 is 2.72 bits per heavy atom. The highest BCUT2D eigenvalue weighted by molar-refractivity contribution is 5.92.